The fourth-order valence-electron chi connectivity index (χ4n) is 2.80. The highest BCUT2D eigenvalue weighted by Crippen LogP contribution is 2.40. The van der Waals surface area contributed by atoms with Crippen molar-refractivity contribution in [2.45, 2.75) is 44.4 Å². The Hall–Kier alpha value is -1.24. The lowest BCUT2D eigenvalue weighted by Gasteiger charge is -2.35. The van der Waals surface area contributed by atoms with Crippen LogP contribution in [-0.2, 0) is 28.5 Å². The van der Waals surface area contributed by atoms with Crippen molar-refractivity contribution in [1.82, 2.24) is 0 Å². The summed E-state index contributed by atoms with van der Waals surface area (Å²) in [5.41, 5.74) is -1.41. The maximum Gasteiger partial charge on any atom is 0.378 e. The van der Waals surface area contributed by atoms with Crippen LogP contribution >= 0.6 is 0 Å². The predicted molar refractivity (Wildman–Crippen MR) is 68.9 cm³/mol. The molecule has 2 rings (SSSR count). The molecule has 0 bridgehead atoms. The average Bonchev–Trinajstić information content (AvgIpc) is 2.88. The summed E-state index contributed by atoms with van der Waals surface area (Å²) in [6.07, 6.45) is 0.169. The van der Waals surface area contributed by atoms with Crippen LogP contribution in [0.25, 0.3) is 0 Å². The first-order valence-electron chi connectivity index (χ1n) is 6.53. The Morgan fingerprint density at radius 2 is 2.10 bits per heavy atom. The van der Waals surface area contributed by atoms with Gasteiger partial charge in [-0.1, -0.05) is 13.0 Å². The first kappa shape index (κ1) is 15.2. The molecule has 2 aliphatic heterocycles. The monoisotopic (exact) mass is 284 g/mol. The minimum absolute atomic E-state index is 0.229. The lowest BCUT2D eigenvalue weighted by molar-refractivity contribution is -0.183. The first-order chi connectivity index (χ1) is 9.28. The van der Waals surface area contributed by atoms with E-state index in [2.05, 4.69) is 6.58 Å². The maximum atomic E-state index is 12.2. The molecule has 6 nitrogen and oxygen atoms in total. The van der Waals surface area contributed by atoms with Crippen LogP contribution in [0.1, 0.15) is 20.8 Å². The number of hydrogen-bond acceptors (Lipinski definition) is 6. The number of hydrogen-bond donors (Lipinski definition) is 0. The summed E-state index contributed by atoms with van der Waals surface area (Å²) < 4.78 is 21.8. The van der Waals surface area contributed by atoms with E-state index in [1.807, 2.05) is 0 Å². The lowest BCUT2D eigenvalue weighted by atomic mass is 9.79. The molecule has 2 saturated heterocycles. The molecule has 0 aromatic rings. The van der Waals surface area contributed by atoms with Gasteiger partial charge < -0.3 is 18.9 Å². The van der Waals surface area contributed by atoms with E-state index in [9.17, 15) is 9.59 Å². The number of carbonyl (C=O) groups is 2. The number of ketones is 1. The van der Waals surface area contributed by atoms with Crippen molar-refractivity contribution in [3.05, 3.63) is 12.7 Å². The van der Waals surface area contributed by atoms with Crippen LogP contribution in [0.15, 0.2) is 12.7 Å². The third-order valence-corrected chi connectivity index (χ3v) is 3.93. The molecule has 0 aliphatic carbocycles. The standard InChI is InChI=1S/C14H20O6/c1-6-8(2)14(17-5)10(15)12(16)19-11(14)9-7-18-13(3,4)20-9/h6,8-9,11H,1,7H2,2-5H3/t8?,9-,11+,14-/m0/s1. The Bertz CT molecular complexity index is 443. The third kappa shape index (κ3) is 2.08. The number of Topliss-reactive ketones (excluding diaryl/α,β-unsaturated/α-hetero) is 1. The summed E-state index contributed by atoms with van der Waals surface area (Å²) in [4.78, 5) is 24.0. The first-order valence-corrected chi connectivity index (χ1v) is 6.53. The third-order valence-electron chi connectivity index (χ3n) is 3.93. The fourth-order valence-corrected chi connectivity index (χ4v) is 2.80. The van der Waals surface area contributed by atoms with E-state index in [0.29, 0.717) is 0 Å². The number of carbonyl (C=O) groups excluding carboxylic acids is 2. The largest absolute Gasteiger partial charge is 0.450 e. The molecule has 0 aromatic heterocycles. The van der Waals surface area contributed by atoms with E-state index in [-0.39, 0.29) is 6.61 Å². The molecular formula is C14H20O6. The van der Waals surface area contributed by atoms with Gasteiger partial charge in [0.05, 0.1) is 6.61 Å². The Morgan fingerprint density at radius 3 is 2.55 bits per heavy atom. The van der Waals surface area contributed by atoms with Crippen molar-refractivity contribution in [2.75, 3.05) is 13.7 Å². The van der Waals surface area contributed by atoms with E-state index in [0.717, 1.165) is 0 Å². The van der Waals surface area contributed by atoms with Crippen molar-refractivity contribution in [3.8, 4) is 0 Å². The van der Waals surface area contributed by atoms with Crippen molar-refractivity contribution in [2.24, 2.45) is 5.92 Å². The minimum atomic E-state index is -1.41. The molecule has 0 N–H and O–H groups in total. The highest BCUT2D eigenvalue weighted by atomic mass is 16.8. The maximum absolute atomic E-state index is 12.2. The zero-order chi connectivity index (χ0) is 15.1. The number of methoxy groups -OCH3 is 1. The molecule has 0 spiro atoms. The number of cyclic esters (lactones) is 1. The summed E-state index contributed by atoms with van der Waals surface area (Å²) in [7, 11) is 1.38. The molecule has 2 aliphatic rings. The van der Waals surface area contributed by atoms with Crippen LogP contribution < -0.4 is 0 Å². The number of esters is 1. The van der Waals surface area contributed by atoms with E-state index in [1.54, 1.807) is 26.8 Å². The molecule has 0 aromatic carbocycles. The topological polar surface area (TPSA) is 71.1 Å². The van der Waals surface area contributed by atoms with Crippen molar-refractivity contribution >= 4 is 11.8 Å². The van der Waals surface area contributed by atoms with Crippen LogP contribution in [0.4, 0.5) is 0 Å². The molecule has 6 heteroatoms. The van der Waals surface area contributed by atoms with Gasteiger partial charge in [0.15, 0.2) is 17.5 Å². The molecular weight excluding hydrogens is 264 g/mol. The number of ether oxygens (including phenoxy) is 4. The number of rotatable bonds is 4. The SMILES string of the molecule is C=CC(C)[C@]1(OC)C(=O)C(=O)O[C@@H]1[C@@H]1COC(C)(C)O1. The zero-order valence-corrected chi connectivity index (χ0v) is 12.2. The molecule has 0 amide bonds. The molecule has 4 atom stereocenters. The Balaban J connectivity index is 2.37. The van der Waals surface area contributed by atoms with Crippen molar-refractivity contribution < 1.29 is 28.5 Å². The van der Waals surface area contributed by atoms with Crippen LogP contribution in [0.5, 0.6) is 0 Å². The smallest absolute Gasteiger partial charge is 0.378 e. The van der Waals surface area contributed by atoms with Gasteiger partial charge in [0.25, 0.3) is 5.78 Å². The molecule has 1 unspecified atom stereocenters. The highest BCUT2D eigenvalue weighted by Gasteiger charge is 2.64. The van der Waals surface area contributed by atoms with Gasteiger partial charge in [0, 0.05) is 13.0 Å². The summed E-state index contributed by atoms with van der Waals surface area (Å²) in [6, 6.07) is 0. The van der Waals surface area contributed by atoms with E-state index >= 15 is 0 Å². The second kappa shape index (κ2) is 4.95. The molecule has 0 radical (unpaired) electrons. The average molecular weight is 284 g/mol. The van der Waals surface area contributed by atoms with E-state index in [4.69, 9.17) is 18.9 Å². The highest BCUT2D eigenvalue weighted by molar-refractivity contribution is 6.39. The van der Waals surface area contributed by atoms with Gasteiger partial charge in [-0.15, -0.1) is 6.58 Å². The summed E-state index contributed by atoms with van der Waals surface area (Å²) >= 11 is 0. The van der Waals surface area contributed by atoms with Crippen LogP contribution in [-0.4, -0.2) is 49.1 Å². The van der Waals surface area contributed by atoms with Crippen LogP contribution in [0.3, 0.4) is 0 Å². The van der Waals surface area contributed by atoms with Gasteiger partial charge in [-0.05, 0) is 13.8 Å². The van der Waals surface area contributed by atoms with Gasteiger partial charge in [0.1, 0.15) is 6.10 Å². The normalized spacial score (nSPS) is 37.8. The van der Waals surface area contributed by atoms with Crippen molar-refractivity contribution in [1.29, 1.82) is 0 Å². The summed E-state index contributed by atoms with van der Waals surface area (Å²) in [5.74, 6) is -2.78. The minimum Gasteiger partial charge on any atom is -0.450 e. The van der Waals surface area contributed by atoms with Gasteiger partial charge in [-0.2, -0.15) is 0 Å². The van der Waals surface area contributed by atoms with Crippen molar-refractivity contribution in [3.63, 3.8) is 0 Å². The fraction of sp³-hybridized carbons (Fsp3) is 0.714. The molecule has 20 heavy (non-hydrogen) atoms. The van der Waals surface area contributed by atoms with Gasteiger partial charge >= 0.3 is 5.97 Å². The summed E-state index contributed by atoms with van der Waals surface area (Å²) in [5, 5.41) is 0. The summed E-state index contributed by atoms with van der Waals surface area (Å²) in [6.45, 7) is 9.18. The second-order valence-electron chi connectivity index (χ2n) is 5.54. The molecule has 2 heterocycles. The van der Waals surface area contributed by atoms with Gasteiger partial charge in [-0.3, -0.25) is 4.79 Å². The Labute approximate surface area is 118 Å². The molecule has 112 valence electrons. The van der Waals surface area contributed by atoms with Gasteiger partial charge in [0.2, 0.25) is 0 Å². The van der Waals surface area contributed by atoms with E-state index < -0.39 is 41.3 Å². The second-order valence-corrected chi connectivity index (χ2v) is 5.54. The zero-order valence-electron chi connectivity index (χ0n) is 12.2. The quantitative estimate of drug-likeness (QED) is 0.433. The predicted octanol–water partition coefficient (Wildman–Crippen LogP) is 0.840. The van der Waals surface area contributed by atoms with Crippen LogP contribution in [0.2, 0.25) is 0 Å². The Morgan fingerprint density at radius 1 is 1.45 bits per heavy atom. The van der Waals surface area contributed by atoms with E-state index in [1.165, 1.54) is 7.11 Å². The molecule has 0 saturated carbocycles. The molecule has 2 fully saturated rings. The van der Waals surface area contributed by atoms with Gasteiger partial charge in [-0.25, -0.2) is 4.79 Å². The Kier molecular flexibility index (Phi) is 3.75. The lowest BCUT2D eigenvalue weighted by Crippen LogP contribution is -2.56. The van der Waals surface area contributed by atoms with Crippen LogP contribution in [0, 0.1) is 5.92 Å².